The van der Waals surface area contributed by atoms with Gasteiger partial charge in [0.05, 0.1) is 12.5 Å². The first-order valence-corrected chi connectivity index (χ1v) is 4.49. The van der Waals surface area contributed by atoms with Gasteiger partial charge < -0.3 is 9.73 Å². The van der Waals surface area contributed by atoms with Crippen molar-refractivity contribution in [3.8, 4) is 6.07 Å². The fourth-order valence-corrected chi connectivity index (χ4v) is 1.20. The van der Waals surface area contributed by atoms with Gasteiger partial charge in [-0.1, -0.05) is 0 Å². The summed E-state index contributed by atoms with van der Waals surface area (Å²) in [6.07, 6.45) is 4.92. The van der Waals surface area contributed by atoms with E-state index >= 15 is 0 Å². The monoisotopic (exact) mass is 199 g/mol. The standard InChI is InChI=1S/C11H9N3O/c12-6-11-5-10(1-3-13-11)14-7-9-2-4-15-8-9/h1-5,8H,7H2,(H,13,14). The van der Waals surface area contributed by atoms with Crippen molar-refractivity contribution >= 4 is 5.69 Å². The highest BCUT2D eigenvalue weighted by Crippen LogP contribution is 2.09. The first-order chi connectivity index (χ1) is 7.38. The lowest BCUT2D eigenvalue weighted by atomic mass is 10.3. The molecule has 0 unspecified atom stereocenters. The summed E-state index contributed by atoms with van der Waals surface area (Å²) in [4.78, 5) is 3.88. The van der Waals surface area contributed by atoms with Crippen LogP contribution in [0.1, 0.15) is 11.3 Å². The quantitative estimate of drug-likeness (QED) is 0.822. The molecule has 74 valence electrons. The maximum atomic E-state index is 8.66. The van der Waals surface area contributed by atoms with Gasteiger partial charge in [-0.3, -0.25) is 0 Å². The van der Waals surface area contributed by atoms with Crippen LogP contribution in [0.5, 0.6) is 0 Å². The van der Waals surface area contributed by atoms with Crippen molar-refractivity contribution in [1.82, 2.24) is 4.98 Å². The van der Waals surface area contributed by atoms with Crippen LogP contribution in [0.25, 0.3) is 0 Å². The number of hydrogen-bond donors (Lipinski definition) is 1. The van der Waals surface area contributed by atoms with E-state index in [0.29, 0.717) is 12.2 Å². The van der Waals surface area contributed by atoms with E-state index in [1.165, 1.54) is 0 Å². The Morgan fingerprint density at radius 2 is 2.40 bits per heavy atom. The fraction of sp³-hybridized carbons (Fsp3) is 0.0909. The van der Waals surface area contributed by atoms with Crippen molar-refractivity contribution in [3.05, 3.63) is 48.2 Å². The van der Waals surface area contributed by atoms with Crippen LogP contribution in [-0.4, -0.2) is 4.98 Å². The van der Waals surface area contributed by atoms with Crippen molar-refractivity contribution < 1.29 is 4.42 Å². The fourth-order valence-electron chi connectivity index (χ4n) is 1.20. The Morgan fingerprint density at radius 1 is 1.47 bits per heavy atom. The number of nitrogens with zero attached hydrogens (tertiary/aromatic N) is 2. The zero-order valence-corrected chi connectivity index (χ0v) is 7.97. The predicted octanol–water partition coefficient (Wildman–Crippen LogP) is 2.16. The van der Waals surface area contributed by atoms with Gasteiger partial charge in [0.15, 0.2) is 0 Å². The molecule has 0 aliphatic rings. The zero-order chi connectivity index (χ0) is 10.5. The summed E-state index contributed by atoms with van der Waals surface area (Å²) < 4.78 is 4.94. The molecular formula is C11H9N3O. The summed E-state index contributed by atoms with van der Waals surface area (Å²) in [5, 5.41) is 11.8. The van der Waals surface area contributed by atoms with Gasteiger partial charge in [0, 0.05) is 24.0 Å². The van der Waals surface area contributed by atoms with Crippen LogP contribution in [0.3, 0.4) is 0 Å². The number of aromatic nitrogens is 1. The average Bonchev–Trinajstić information content (AvgIpc) is 2.79. The highest BCUT2D eigenvalue weighted by Gasteiger charge is 1.97. The van der Waals surface area contributed by atoms with E-state index < -0.39 is 0 Å². The van der Waals surface area contributed by atoms with E-state index in [2.05, 4.69) is 10.3 Å². The van der Waals surface area contributed by atoms with Gasteiger partial charge >= 0.3 is 0 Å². The minimum Gasteiger partial charge on any atom is -0.472 e. The number of hydrogen-bond acceptors (Lipinski definition) is 4. The Kier molecular flexibility index (Phi) is 2.65. The lowest BCUT2D eigenvalue weighted by molar-refractivity contribution is 0.564. The molecule has 0 saturated heterocycles. The largest absolute Gasteiger partial charge is 0.472 e. The summed E-state index contributed by atoms with van der Waals surface area (Å²) in [7, 11) is 0. The van der Waals surface area contributed by atoms with Gasteiger partial charge in [-0.2, -0.15) is 5.26 Å². The molecule has 15 heavy (non-hydrogen) atoms. The summed E-state index contributed by atoms with van der Waals surface area (Å²) in [5.74, 6) is 0. The molecule has 0 amide bonds. The second-order valence-electron chi connectivity index (χ2n) is 3.03. The number of nitriles is 1. The van der Waals surface area contributed by atoms with Gasteiger partial charge in [-0.15, -0.1) is 0 Å². The Hall–Kier alpha value is -2.28. The minimum atomic E-state index is 0.409. The maximum Gasteiger partial charge on any atom is 0.142 e. The summed E-state index contributed by atoms with van der Waals surface area (Å²) in [6, 6.07) is 7.41. The third-order valence-corrected chi connectivity index (χ3v) is 1.95. The Labute approximate surface area is 87.2 Å². The molecule has 0 fully saturated rings. The molecule has 0 radical (unpaired) electrons. The molecule has 4 heteroatoms. The van der Waals surface area contributed by atoms with Gasteiger partial charge in [0.2, 0.25) is 0 Å². The zero-order valence-electron chi connectivity index (χ0n) is 7.97. The van der Waals surface area contributed by atoms with Crippen molar-refractivity contribution in [2.75, 3.05) is 5.32 Å². The maximum absolute atomic E-state index is 8.66. The van der Waals surface area contributed by atoms with E-state index in [1.54, 1.807) is 24.8 Å². The molecular weight excluding hydrogens is 190 g/mol. The van der Waals surface area contributed by atoms with Crippen LogP contribution in [-0.2, 0) is 6.54 Å². The molecule has 2 heterocycles. The lowest BCUT2D eigenvalue weighted by Crippen LogP contribution is -1.98. The Morgan fingerprint density at radius 3 is 3.13 bits per heavy atom. The second kappa shape index (κ2) is 4.29. The van der Waals surface area contributed by atoms with Crippen LogP contribution < -0.4 is 5.32 Å². The van der Waals surface area contributed by atoms with Gasteiger partial charge in [0.1, 0.15) is 11.8 Å². The number of pyridine rings is 1. The predicted molar refractivity (Wildman–Crippen MR) is 55.0 cm³/mol. The Bertz CT molecular complexity index is 471. The smallest absolute Gasteiger partial charge is 0.142 e. The molecule has 1 N–H and O–H groups in total. The Balaban J connectivity index is 2.02. The molecule has 0 aliphatic carbocycles. The number of rotatable bonds is 3. The van der Waals surface area contributed by atoms with E-state index in [1.807, 2.05) is 18.2 Å². The van der Waals surface area contributed by atoms with Gasteiger partial charge in [0.25, 0.3) is 0 Å². The molecule has 0 aromatic carbocycles. The first-order valence-electron chi connectivity index (χ1n) is 4.49. The molecule has 2 aromatic rings. The molecule has 0 saturated carbocycles. The minimum absolute atomic E-state index is 0.409. The highest BCUT2D eigenvalue weighted by atomic mass is 16.3. The molecule has 0 bridgehead atoms. The molecule has 0 spiro atoms. The van der Waals surface area contributed by atoms with Crippen LogP contribution >= 0.6 is 0 Å². The number of nitrogens with one attached hydrogen (secondary N) is 1. The highest BCUT2D eigenvalue weighted by molar-refractivity contribution is 5.46. The summed E-state index contributed by atoms with van der Waals surface area (Å²) >= 11 is 0. The van der Waals surface area contributed by atoms with Crippen LogP contribution in [0.15, 0.2) is 41.3 Å². The molecule has 2 aromatic heterocycles. The molecule has 0 aliphatic heterocycles. The third kappa shape index (κ3) is 2.35. The molecule has 4 nitrogen and oxygen atoms in total. The molecule has 2 rings (SSSR count). The van der Waals surface area contributed by atoms with E-state index in [9.17, 15) is 0 Å². The van der Waals surface area contributed by atoms with E-state index in [-0.39, 0.29) is 0 Å². The molecule has 0 atom stereocenters. The van der Waals surface area contributed by atoms with Crippen molar-refractivity contribution in [3.63, 3.8) is 0 Å². The van der Waals surface area contributed by atoms with Crippen molar-refractivity contribution in [2.45, 2.75) is 6.54 Å². The van der Waals surface area contributed by atoms with Crippen molar-refractivity contribution in [2.24, 2.45) is 0 Å². The van der Waals surface area contributed by atoms with Crippen LogP contribution in [0.2, 0.25) is 0 Å². The second-order valence-corrected chi connectivity index (χ2v) is 3.03. The number of furan rings is 1. The van der Waals surface area contributed by atoms with Crippen molar-refractivity contribution in [1.29, 1.82) is 5.26 Å². The summed E-state index contributed by atoms with van der Waals surface area (Å²) in [5.41, 5.74) is 2.35. The third-order valence-electron chi connectivity index (χ3n) is 1.95. The van der Waals surface area contributed by atoms with E-state index in [4.69, 9.17) is 9.68 Å². The summed E-state index contributed by atoms with van der Waals surface area (Å²) in [6.45, 7) is 0.672. The van der Waals surface area contributed by atoms with Gasteiger partial charge in [-0.25, -0.2) is 4.98 Å². The topological polar surface area (TPSA) is 61.9 Å². The average molecular weight is 199 g/mol. The normalized spacial score (nSPS) is 9.53. The lowest BCUT2D eigenvalue weighted by Gasteiger charge is -2.03. The van der Waals surface area contributed by atoms with Gasteiger partial charge in [-0.05, 0) is 18.2 Å². The SMILES string of the molecule is N#Cc1cc(NCc2ccoc2)ccn1. The van der Waals surface area contributed by atoms with Crippen LogP contribution in [0.4, 0.5) is 5.69 Å². The number of anilines is 1. The first kappa shape index (κ1) is 9.28. The van der Waals surface area contributed by atoms with E-state index in [0.717, 1.165) is 11.3 Å². The van der Waals surface area contributed by atoms with Crippen LogP contribution in [0, 0.1) is 11.3 Å².